The number of hydrogen-bond acceptors (Lipinski definition) is 9. The van der Waals surface area contributed by atoms with Crippen molar-refractivity contribution in [3.63, 3.8) is 0 Å². The lowest BCUT2D eigenvalue weighted by Crippen LogP contribution is -2.55. The molecule has 5 aliphatic heterocycles. The number of phenols is 1. The lowest BCUT2D eigenvalue weighted by molar-refractivity contribution is -0.136. The van der Waals surface area contributed by atoms with E-state index in [1.807, 2.05) is 24.3 Å². The first-order chi connectivity index (χ1) is 29.3. The molecule has 5 heterocycles. The third-order valence-corrected chi connectivity index (χ3v) is 14.3. The van der Waals surface area contributed by atoms with E-state index in [4.69, 9.17) is 4.74 Å². The van der Waals surface area contributed by atoms with Crippen LogP contribution in [0.25, 0.3) is 0 Å². The van der Waals surface area contributed by atoms with Crippen molar-refractivity contribution in [2.45, 2.75) is 81.3 Å². The highest BCUT2D eigenvalue weighted by molar-refractivity contribution is 6.23. The molecule has 60 heavy (non-hydrogen) atoms. The maximum atomic E-state index is 13.5. The Balaban J connectivity index is 0.700. The van der Waals surface area contributed by atoms with E-state index in [1.165, 1.54) is 35.1 Å². The molecular weight excluding hydrogens is 755 g/mol. The van der Waals surface area contributed by atoms with E-state index in [9.17, 15) is 24.3 Å². The van der Waals surface area contributed by atoms with Crippen LogP contribution >= 0.6 is 0 Å². The quantitative estimate of drug-likeness (QED) is 0.183. The van der Waals surface area contributed by atoms with Crippen molar-refractivity contribution in [1.29, 1.82) is 0 Å². The van der Waals surface area contributed by atoms with Crippen LogP contribution in [0.5, 0.6) is 11.5 Å². The Hall–Kier alpha value is -5.52. The zero-order valence-electron chi connectivity index (χ0n) is 34.0. The van der Waals surface area contributed by atoms with Gasteiger partial charge in [-0.3, -0.25) is 39.2 Å². The number of amides is 4. The topological polar surface area (TPSA) is 123 Å². The highest BCUT2D eigenvalue weighted by Crippen LogP contribution is 2.47. The summed E-state index contributed by atoms with van der Waals surface area (Å²) in [7, 11) is 0. The van der Waals surface area contributed by atoms with Crippen molar-refractivity contribution >= 4 is 29.3 Å². The second kappa shape index (κ2) is 16.2. The summed E-state index contributed by atoms with van der Waals surface area (Å²) in [6, 6.07) is 30.8. The molecule has 4 saturated heterocycles. The summed E-state index contributed by atoms with van der Waals surface area (Å²) >= 11 is 0. The van der Waals surface area contributed by atoms with E-state index in [0.717, 1.165) is 81.3 Å². The standard InChI is InChI=1S/C49H53N5O6/c55-38-12-17-41-34(26-38)8-15-40(32-4-2-1-3-5-32)46(41)33-6-13-39(14-7-33)60-25-24-51-22-20-31(21-23-51)28-53-36-9-10-37(53)30-52(29-36)35-11-16-42-43(27-35)49(59)54(48(42)58)44-18-19-45(56)50-47(44)57/h1-7,11-14,16-17,26-27,31,36-37,40,44,46,55H,8-10,15,18-25,28-30H2,(H,50,56,57)/t36?,37?,40-,44?,46+/m1/s1. The maximum absolute atomic E-state index is 13.5. The van der Waals surface area contributed by atoms with Gasteiger partial charge in [0, 0.05) is 56.3 Å². The van der Waals surface area contributed by atoms with Gasteiger partial charge in [-0.2, -0.15) is 0 Å². The Labute approximate surface area is 351 Å². The van der Waals surface area contributed by atoms with Crippen molar-refractivity contribution in [2.24, 2.45) is 5.92 Å². The number of fused-ring (bicyclic) bond motifs is 4. The second-order valence-electron chi connectivity index (χ2n) is 17.8. The molecule has 2 bridgehead atoms. The monoisotopic (exact) mass is 807 g/mol. The molecule has 6 aliphatic rings. The number of piperidine rings is 2. The largest absolute Gasteiger partial charge is 0.508 e. The van der Waals surface area contributed by atoms with Gasteiger partial charge in [-0.25, -0.2) is 0 Å². The van der Waals surface area contributed by atoms with Crippen LogP contribution in [0.4, 0.5) is 5.69 Å². The van der Waals surface area contributed by atoms with Gasteiger partial charge in [-0.05, 0) is 135 Å². The summed E-state index contributed by atoms with van der Waals surface area (Å²) in [4.78, 5) is 59.6. The zero-order valence-corrected chi connectivity index (χ0v) is 34.0. The van der Waals surface area contributed by atoms with Gasteiger partial charge in [0.1, 0.15) is 24.1 Å². The Kier molecular flexibility index (Phi) is 10.4. The number of imide groups is 2. The van der Waals surface area contributed by atoms with Crippen LogP contribution in [0.2, 0.25) is 0 Å². The van der Waals surface area contributed by atoms with Gasteiger partial charge in [-0.15, -0.1) is 0 Å². The van der Waals surface area contributed by atoms with Crippen molar-refractivity contribution in [1.82, 2.24) is 20.0 Å². The highest BCUT2D eigenvalue weighted by Gasteiger charge is 2.46. The van der Waals surface area contributed by atoms with Crippen molar-refractivity contribution in [3.8, 4) is 11.5 Å². The van der Waals surface area contributed by atoms with Crippen LogP contribution in [-0.2, 0) is 16.0 Å². The molecule has 0 aromatic heterocycles. The number of anilines is 1. The predicted octanol–water partition coefficient (Wildman–Crippen LogP) is 6.10. The Morgan fingerprint density at radius 1 is 0.717 bits per heavy atom. The summed E-state index contributed by atoms with van der Waals surface area (Å²) in [5.41, 5.74) is 6.78. The van der Waals surface area contributed by atoms with Gasteiger partial charge >= 0.3 is 0 Å². The minimum Gasteiger partial charge on any atom is -0.508 e. The molecule has 0 spiro atoms. The van der Waals surface area contributed by atoms with Gasteiger partial charge in [-0.1, -0.05) is 48.5 Å². The van der Waals surface area contributed by atoms with Crippen LogP contribution < -0.4 is 15.0 Å². The lowest BCUT2D eigenvalue weighted by Gasteiger charge is -2.44. The van der Waals surface area contributed by atoms with Gasteiger partial charge < -0.3 is 14.7 Å². The van der Waals surface area contributed by atoms with Gasteiger partial charge in [0.2, 0.25) is 11.8 Å². The fourth-order valence-electron chi connectivity index (χ4n) is 11.2. The summed E-state index contributed by atoms with van der Waals surface area (Å²) < 4.78 is 6.30. The van der Waals surface area contributed by atoms with E-state index >= 15 is 0 Å². The minimum absolute atomic E-state index is 0.106. The number of phenolic OH excluding ortho intramolecular Hbond substituents is 1. The number of piperazine rings is 1. The number of carbonyl (C=O) groups is 4. The van der Waals surface area contributed by atoms with Gasteiger partial charge in [0.05, 0.1) is 11.1 Å². The zero-order chi connectivity index (χ0) is 40.9. The van der Waals surface area contributed by atoms with Crippen LogP contribution in [0.1, 0.15) is 99.8 Å². The van der Waals surface area contributed by atoms with Gasteiger partial charge in [0.15, 0.2) is 0 Å². The average Bonchev–Trinajstić information content (AvgIpc) is 3.64. The molecule has 3 unspecified atom stereocenters. The summed E-state index contributed by atoms with van der Waals surface area (Å²) in [5, 5.41) is 12.5. The highest BCUT2D eigenvalue weighted by atomic mass is 16.5. The molecule has 1 aliphatic carbocycles. The molecule has 0 radical (unpaired) electrons. The van der Waals surface area contributed by atoms with Crippen LogP contribution in [0.3, 0.4) is 0 Å². The molecule has 11 heteroatoms. The third kappa shape index (κ3) is 7.36. The number of nitrogens with one attached hydrogen (secondary N) is 1. The number of hydrogen-bond donors (Lipinski definition) is 2. The predicted molar refractivity (Wildman–Crippen MR) is 227 cm³/mol. The van der Waals surface area contributed by atoms with E-state index in [2.05, 4.69) is 80.7 Å². The molecule has 4 aromatic carbocycles. The first-order valence-electron chi connectivity index (χ1n) is 22.0. The molecule has 4 fully saturated rings. The normalized spacial score (nSPS) is 26.0. The summed E-state index contributed by atoms with van der Waals surface area (Å²) in [6.07, 6.45) is 6.95. The van der Waals surface area contributed by atoms with Crippen molar-refractivity contribution < 1.29 is 29.0 Å². The molecular formula is C49H53N5O6. The van der Waals surface area contributed by atoms with E-state index in [0.29, 0.717) is 47.4 Å². The minimum atomic E-state index is -0.958. The number of ether oxygens (including phenoxy) is 1. The Morgan fingerprint density at radius 2 is 1.47 bits per heavy atom. The van der Waals surface area contributed by atoms with Crippen molar-refractivity contribution in [2.75, 3.05) is 50.8 Å². The number of carbonyl (C=O) groups excluding carboxylic acids is 4. The summed E-state index contributed by atoms with van der Waals surface area (Å²) in [5.74, 6) is 0.604. The smallest absolute Gasteiger partial charge is 0.262 e. The molecule has 2 N–H and O–H groups in total. The number of benzene rings is 4. The first kappa shape index (κ1) is 38.7. The number of rotatable bonds is 10. The molecule has 10 rings (SSSR count). The van der Waals surface area contributed by atoms with Gasteiger partial charge in [0.25, 0.3) is 11.8 Å². The average molecular weight is 808 g/mol. The van der Waals surface area contributed by atoms with Crippen LogP contribution in [0, 0.1) is 5.92 Å². The Bertz CT molecular complexity index is 2280. The fourth-order valence-corrected chi connectivity index (χ4v) is 11.2. The second-order valence-corrected chi connectivity index (χ2v) is 17.8. The molecule has 310 valence electrons. The molecule has 4 aromatic rings. The number of likely N-dealkylation sites (tertiary alicyclic amines) is 1. The van der Waals surface area contributed by atoms with Crippen LogP contribution in [-0.4, -0.2) is 107 Å². The lowest BCUT2D eigenvalue weighted by atomic mass is 9.69. The first-order valence-corrected chi connectivity index (χ1v) is 22.0. The molecule has 4 amide bonds. The van der Waals surface area contributed by atoms with Crippen molar-refractivity contribution in [3.05, 3.63) is 124 Å². The SMILES string of the molecule is O=C1CCC(N2C(=O)c3ccc(N4CC5CCC(C4)N5CC4CCN(CCOc5ccc([C@@H]6c7ccc(O)cc7CC[C@@H]6c6ccccc6)cc5)CC4)cc3C2=O)C(=O)N1. The van der Waals surface area contributed by atoms with E-state index in [1.54, 1.807) is 6.07 Å². The number of nitrogens with zero attached hydrogens (tertiary/aromatic N) is 4. The number of aryl methyl sites for hydroxylation is 1. The maximum Gasteiger partial charge on any atom is 0.262 e. The molecule has 5 atom stereocenters. The third-order valence-electron chi connectivity index (χ3n) is 14.3. The molecule has 0 saturated carbocycles. The molecule has 11 nitrogen and oxygen atoms in total. The Morgan fingerprint density at radius 3 is 2.22 bits per heavy atom. The summed E-state index contributed by atoms with van der Waals surface area (Å²) in [6.45, 7) is 6.62. The fraction of sp³-hybridized carbons (Fsp3) is 0.429. The van der Waals surface area contributed by atoms with E-state index < -0.39 is 23.8 Å². The van der Waals surface area contributed by atoms with Crippen LogP contribution in [0.15, 0.2) is 91.0 Å². The van der Waals surface area contributed by atoms with E-state index in [-0.39, 0.29) is 24.7 Å². The number of aromatic hydroxyl groups is 1.